The second-order valence-electron chi connectivity index (χ2n) is 10.3. The lowest BCUT2D eigenvalue weighted by Crippen LogP contribution is -2.44. The normalized spacial score (nSPS) is 21.3. The Morgan fingerprint density at radius 1 is 0.837 bits per heavy atom. The highest BCUT2D eigenvalue weighted by Gasteiger charge is 2.45. The lowest BCUT2D eigenvalue weighted by molar-refractivity contribution is -0.330. The maximum Gasteiger partial charge on any atom is 0.416 e. The third-order valence-electron chi connectivity index (χ3n) is 7.06. The Morgan fingerprint density at radius 2 is 1.37 bits per heavy atom. The minimum absolute atomic E-state index is 0.0313. The van der Waals surface area contributed by atoms with Crippen molar-refractivity contribution >= 4 is 10.1 Å². The van der Waals surface area contributed by atoms with Gasteiger partial charge < -0.3 is 14.2 Å². The summed E-state index contributed by atoms with van der Waals surface area (Å²) in [6.45, 7) is 0.813. The Bertz CT molecular complexity index is 1430. The maximum absolute atomic E-state index is 13.8. The first kappa shape index (κ1) is 32.9. The third kappa shape index (κ3) is 8.79. The molecule has 0 amide bonds. The summed E-state index contributed by atoms with van der Waals surface area (Å²) >= 11 is 0. The standard InChI is InChI=1S/C30H30F6O6S/c1-28(40-18-20-9-5-3-6-10-20,23-15-24(29(31,32)33)17-25(16-23)30(34,35)36)42-27-26(21-11-7-4-8-12-21)22(13-14-39-27)19-41-43(2,37)38/h3-12,15-17,22,26-27H,13-14,18-19H2,1-2H3/t22-,26-,27?,28?/m1/s1. The molecule has 0 aliphatic carbocycles. The summed E-state index contributed by atoms with van der Waals surface area (Å²) in [5.74, 6) is -3.40. The van der Waals surface area contributed by atoms with Crippen LogP contribution in [0.4, 0.5) is 26.3 Å². The largest absolute Gasteiger partial charge is 0.416 e. The molecular formula is C30H30F6O6S. The van der Waals surface area contributed by atoms with Crippen LogP contribution in [0.3, 0.4) is 0 Å². The zero-order valence-corrected chi connectivity index (χ0v) is 24.0. The SMILES string of the molecule is CC(OCc1ccccc1)(OC1OCC[C@H](COS(C)(=O)=O)[C@H]1c1ccccc1)c1cc(C(F)(F)F)cc(C(F)(F)F)c1. The van der Waals surface area contributed by atoms with Gasteiger partial charge in [-0.2, -0.15) is 34.8 Å². The van der Waals surface area contributed by atoms with Gasteiger partial charge in [0.25, 0.3) is 10.1 Å². The Kier molecular flexibility index (Phi) is 9.92. The van der Waals surface area contributed by atoms with Crippen LogP contribution < -0.4 is 0 Å². The van der Waals surface area contributed by atoms with Crippen LogP contribution in [-0.4, -0.2) is 34.2 Å². The van der Waals surface area contributed by atoms with Gasteiger partial charge in [-0.1, -0.05) is 60.7 Å². The van der Waals surface area contributed by atoms with E-state index in [0.29, 0.717) is 29.7 Å². The molecule has 2 unspecified atom stereocenters. The maximum atomic E-state index is 13.8. The molecule has 1 saturated heterocycles. The predicted octanol–water partition coefficient (Wildman–Crippen LogP) is 7.25. The molecule has 0 spiro atoms. The van der Waals surface area contributed by atoms with Gasteiger partial charge in [0.2, 0.25) is 0 Å². The van der Waals surface area contributed by atoms with Gasteiger partial charge in [0, 0.05) is 11.5 Å². The number of hydrogen-bond donors (Lipinski definition) is 0. The zero-order valence-electron chi connectivity index (χ0n) is 23.2. The second kappa shape index (κ2) is 12.9. The average Bonchev–Trinajstić information content (AvgIpc) is 2.94. The summed E-state index contributed by atoms with van der Waals surface area (Å²) in [5.41, 5.74) is -2.36. The van der Waals surface area contributed by atoms with E-state index in [4.69, 9.17) is 18.4 Å². The molecule has 43 heavy (non-hydrogen) atoms. The number of hydrogen-bond acceptors (Lipinski definition) is 6. The van der Waals surface area contributed by atoms with Gasteiger partial charge in [0.1, 0.15) is 0 Å². The predicted molar refractivity (Wildman–Crippen MR) is 144 cm³/mol. The molecule has 1 fully saturated rings. The molecule has 0 aromatic heterocycles. The van der Waals surface area contributed by atoms with E-state index in [0.717, 1.165) is 6.26 Å². The van der Waals surface area contributed by atoms with Crippen molar-refractivity contribution in [3.8, 4) is 0 Å². The lowest BCUT2D eigenvalue weighted by Gasteiger charge is -2.42. The van der Waals surface area contributed by atoms with E-state index in [9.17, 15) is 34.8 Å². The summed E-state index contributed by atoms with van der Waals surface area (Å²) < 4.78 is 130. The Labute approximate surface area is 245 Å². The van der Waals surface area contributed by atoms with E-state index in [1.54, 1.807) is 60.7 Å². The van der Waals surface area contributed by atoms with Crippen molar-refractivity contribution in [3.05, 3.63) is 107 Å². The fourth-order valence-electron chi connectivity index (χ4n) is 4.87. The fraction of sp³-hybridized carbons (Fsp3) is 0.400. The molecule has 13 heteroatoms. The number of alkyl halides is 6. The summed E-state index contributed by atoms with van der Waals surface area (Å²) in [6, 6.07) is 18.3. The number of halogens is 6. The molecule has 3 aromatic carbocycles. The van der Waals surface area contributed by atoms with Crippen LogP contribution in [-0.2, 0) is 53.3 Å². The molecule has 6 nitrogen and oxygen atoms in total. The minimum atomic E-state index is -5.10. The van der Waals surface area contributed by atoms with E-state index in [2.05, 4.69) is 0 Å². The van der Waals surface area contributed by atoms with Crippen LogP contribution in [0.5, 0.6) is 0 Å². The lowest BCUT2D eigenvalue weighted by atomic mass is 9.82. The van der Waals surface area contributed by atoms with E-state index in [1.807, 2.05) is 0 Å². The number of benzene rings is 3. The van der Waals surface area contributed by atoms with Gasteiger partial charge in [-0.3, -0.25) is 4.18 Å². The fourth-order valence-corrected chi connectivity index (χ4v) is 5.29. The third-order valence-corrected chi connectivity index (χ3v) is 7.63. The molecule has 0 N–H and O–H groups in total. The monoisotopic (exact) mass is 632 g/mol. The van der Waals surface area contributed by atoms with Crippen LogP contribution in [0, 0.1) is 5.92 Å². The highest BCUT2D eigenvalue weighted by Crippen LogP contribution is 2.44. The van der Waals surface area contributed by atoms with Crippen molar-refractivity contribution < 1.29 is 53.2 Å². The van der Waals surface area contributed by atoms with Gasteiger partial charge in [0.15, 0.2) is 12.1 Å². The van der Waals surface area contributed by atoms with E-state index < -0.39 is 63.1 Å². The molecule has 0 bridgehead atoms. The quantitative estimate of drug-likeness (QED) is 0.133. The molecular weight excluding hydrogens is 602 g/mol. The second-order valence-corrected chi connectivity index (χ2v) is 12.0. The molecule has 4 atom stereocenters. The van der Waals surface area contributed by atoms with Crippen LogP contribution in [0.15, 0.2) is 78.9 Å². The van der Waals surface area contributed by atoms with Crippen molar-refractivity contribution in [3.63, 3.8) is 0 Å². The average molecular weight is 633 g/mol. The van der Waals surface area contributed by atoms with Crippen LogP contribution >= 0.6 is 0 Å². The minimum Gasteiger partial charge on any atom is -0.352 e. The zero-order chi connectivity index (χ0) is 31.5. The Hall–Kier alpha value is -2.97. The molecule has 3 aromatic rings. The van der Waals surface area contributed by atoms with E-state index in [1.165, 1.54) is 6.92 Å². The van der Waals surface area contributed by atoms with E-state index in [-0.39, 0.29) is 25.9 Å². The van der Waals surface area contributed by atoms with Gasteiger partial charge >= 0.3 is 12.4 Å². The molecule has 234 valence electrons. The van der Waals surface area contributed by atoms with Crippen LogP contribution in [0.2, 0.25) is 0 Å². The van der Waals surface area contributed by atoms with Crippen LogP contribution in [0.25, 0.3) is 0 Å². The first-order valence-corrected chi connectivity index (χ1v) is 15.0. The highest BCUT2D eigenvalue weighted by atomic mass is 32.2. The molecule has 0 radical (unpaired) electrons. The summed E-state index contributed by atoms with van der Waals surface area (Å²) in [4.78, 5) is 0. The van der Waals surface area contributed by atoms with Crippen molar-refractivity contribution in [1.82, 2.24) is 0 Å². The molecule has 1 aliphatic rings. The van der Waals surface area contributed by atoms with E-state index >= 15 is 0 Å². The van der Waals surface area contributed by atoms with Gasteiger partial charge in [0.05, 0.1) is 37.2 Å². The van der Waals surface area contributed by atoms with Crippen LogP contribution in [0.1, 0.15) is 47.1 Å². The smallest absolute Gasteiger partial charge is 0.352 e. The topological polar surface area (TPSA) is 71.1 Å². The Balaban J connectivity index is 1.80. The van der Waals surface area contributed by atoms with Crippen molar-refractivity contribution in [1.29, 1.82) is 0 Å². The first-order chi connectivity index (χ1) is 20.1. The van der Waals surface area contributed by atoms with Gasteiger partial charge in [-0.05, 0) is 48.6 Å². The van der Waals surface area contributed by atoms with Crippen molar-refractivity contribution in [2.75, 3.05) is 19.5 Å². The molecule has 0 saturated carbocycles. The number of ether oxygens (including phenoxy) is 3. The van der Waals surface area contributed by atoms with Gasteiger partial charge in [-0.15, -0.1) is 0 Å². The molecule has 1 heterocycles. The summed E-state index contributed by atoms with van der Waals surface area (Å²) in [7, 11) is -3.82. The number of rotatable bonds is 10. The summed E-state index contributed by atoms with van der Waals surface area (Å²) in [5, 5.41) is 0. The highest BCUT2D eigenvalue weighted by molar-refractivity contribution is 7.85. The van der Waals surface area contributed by atoms with Crippen molar-refractivity contribution in [2.24, 2.45) is 5.92 Å². The molecule has 1 aliphatic heterocycles. The Morgan fingerprint density at radius 3 is 1.91 bits per heavy atom. The first-order valence-electron chi connectivity index (χ1n) is 13.2. The van der Waals surface area contributed by atoms with Gasteiger partial charge in [-0.25, -0.2) is 0 Å². The summed E-state index contributed by atoms with van der Waals surface area (Å²) in [6.07, 6.45) is -10.2. The van der Waals surface area contributed by atoms with Crippen molar-refractivity contribution in [2.45, 2.75) is 50.3 Å². The molecule has 4 rings (SSSR count).